The van der Waals surface area contributed by atoms with Crippen molar-refractivity contribution in [2.75, 3.05) is 20.8 Å². The summed E-state index contributed by atoms with van der Waals surface area (Å²) in [6.07, 6.45) is 0.638. The maximum Gasteiger partial charge on any atom is 0.252 e. The van der Waals surface area contributed by atoms with Crippen LogP contribution in [0.4, 0.5) is 4.39 Å². The number of rotatable bonds is 7. The van der Waals surface area contributed by atoms with Gasteiger partial charge in [0.15, 0.2) is 11.5 Å². The number of aryl methyl sites for hydroxylation is 1. The number of benzene rings is 3. The number of ether oxygens (including phenoxy) is 2. The number of aromatic nitrogens is 1. The molecule has 0 aliphatic heterocycles. The van der Waals surface area contributed by atoms with Crippen LogP contribution in [0.2, 0.25) is 0 Å². The lowest BCUT2D eigenvalue weighted by atomic mass is 10.0. The number of nitrogens with one attached hydrogen (secondary N) is 1. The quantitative estimate of drug-likeness (QED) is 0.418. The Morgan fingerprint density at radius 1 is 0.939 bits per heavy atom. The number of carbonyl (C=O) groups excluding carboxylic acids is 1. The Bertz CT molecular complexity index is 1300. The van der Waals surface area contributed by atoms with Gasteiger partial charge in [0, 0.05) is 17.5 Å². The van der Waals surface area contributed by atoms with Gasteiger partial charge in [-0.15, -0.1) is 0 Å². The molecule has 3 aromatic carbocycles. The number of hydrogen-bond acceptors (Lipinski definition) is 4. The van der Waals surface area contributed by atoms with Gasteiger partial charge in [-0.2, -0.15) is 0 Å². The lowest BCUT2D eigenvalue weighted by molar-refractivity contribution is 0.0955. The number of methoxy groups -OCH3 is 2. The first-order valence-electron chi connectivity index (χ1n) is 10.6. The van der Waals surface area contributed by atoms with E-state index < -0.39 is 0 Å². The standard InChI is InChI=1S/C27H25FN2O3/c1-17-4-10-23-21(14-17)22(16-24(30-23)19-6-8-20(28)9-7-19)27(31)29-13-12-18-5-11-25(32-2)26(15-18)33-3/h4-11,14-16H,12-13H2,1-3H3,(H,29,31). The van der Waals surface area contributed by atoms with Crippen molar-refractivity contribution < 1.29 is 18.7 Å². The Morgan fingerprint density at radius 3 is 2.42 bits per heavy atom. The van der Waals surface area contributed by atoms with Crippen LogP contribution in [0.3, 0.4) is 0 Å². The predicted molar refractivity (Wildman–Crippen MR) is 127 cm³/mol. The number of carbonyl (C=O) groups is 1. The van der Waals surface area contributed by atoms with E-state index in [9.17, 15) is 9.18 Å². The van der Waals surface area contributed by atoms with E-state index >= 15 is 0 Å². The number of hydrogen-bond donors (Lipinski definition) is 1. The van der Waals surface area contributed by atoms with Gasteiger partial charge in [-0.05, 0) is 73.5 Å². The molecule has 4 aromatic rings. The molecule has 0 aliphatic rings. The normalized spacial score (nSPS) is 10.8. The van der Waals surface area contributed by atoms with Gasteiger partial charge in [0.2, 0.25) is 0 Å². The van der Waals surface area contributed by atoms with Crippen molar-refractivity contribution in [2.24, 2.45) is 0 Å². The van der Waals surface area contributed by atoms with Crippen LogP contribution >= 0.6 is 0 Å². The minimum atomic E-state index is -0.316. The molecule has 0 unspecified atom stereocenters. The molecule has 0 spiro atoms. The zero-order valence-electron chi connectivity index (χ0n) is 18.8. The molecule has 6 heteroatoms. The van der Waals surface area contributed by atoms with E-state index in [0.717, 1.165) is 22.1 Å². The fourth-order valence-corrected chi connectivity index (χ4v) is 3.75. The molecule has 0 fully saturated rings. The predicted octanol–water partition coefficient (Wildman–Crippen LogP) is 5.34. The first-order valence-corrected chi connectivity index (χ1v) is 10.6. The average Bonchev–Trinajstić information content (AvgIpc) is 2.83. The molecule has 33 heavy (non-hydrogen) atoms. The van der Waals surface area contributed by atoms with Crippen LogP contribution in [0.5, 0.6) is 11.5 Å². The Kier molecular flexibility index (Phi) is 6.54. The molecule has 168 valence electrons. The van der Waals surface area contributed by atoms with E-state index in [1.807, 2.05) is 43.3 Å². The first kappa shape index (κ1) is 22.3. The highest BCUT2D eigenvalue weighted by molar-refractivity contribution is 6.07. The summed E-state index contributed by atoms with van der Waals surface area (Å²) in [6.45, 7) is 2.43. The van der Waals surface area contributed by atoms with Gasteiger partial charge < -0.3 is 14.8 Å². The second-order valence-corrected chi connectivity index (χ2v) is 7.78. The van der Waals surface area contributed by atoms with Crippen molar-refractivity contribution in [2.45, 2.75) is 13.3 Å². The average molecular weight is 445 g/mol. The topological polar surface area (TPSA) is 60.5 Å². The summed E-state index contributed by atoms with van der Waals surface area (Å²) in [5.74, 6) is 0.818. The van der Waals surface area contributed by atoms with Crippen molar-refractivity contribution >= 4 is 16.8 Å². The largest absolute Gasteiger partial charge is 0.493 e. The number of pyridine rings is 1. The highest BCUT2D eigenvalue weighted by Crippen LogP contribution is 2.28. The maximum atomic E-state index is 13.4. The van der Waals surface area contributed by atoms with Crippen LogP contribution in [0.25, 0.3) is 22.2 Å². The van der Waals surface area contributed by atoms with Crippen molar-refractivity contribution in [3.8, 4) is 22.8 Å². The van der Waals surface area contributed by atoms with Gasteiger partial charge in [-0.25, -0.2) is 9.37 Å². The number of nitrogens with zero attached hydrogens (tertiary/aromatic N) is 1. The van der Waals surface area contributed by atoms with Crippen LogP contribution in [-0.2, 0) is 6.42 Å². The Morgan fingerprint density at radius 2 is 1.70 bits per heavy atom. The Balaban J connectivity index is 1.59. The molecule has 1 aromatic heterocycles. The van der Waals surface area contributed by atoms with Crippen LogP contribution in [0.1, 0.15) is 21.5 Å². The lowest BCUT2D eigenvalue weighted by Crippen LogP contribution is -2.26. The van der Waals surface area contributed by atoms with Gasteiger partial charge in [-0.3, -0.25) is 4.79 Å². The minimum absolute atomic E-state index is 0.183. The summed E-state index contributed by atoms with van der Waals surface area (Å²) < 4.78 is 24.0. The zero-order chi connectivity index (χ0) is 23.4. The van der Waals surface area contributed by atoms with Gasteiger partial charge >= 0.3 is 0 Å². The van der Waals surface area contributed by atoms with Gasteiger partial charge in [-0.1, -0.05) is 17.7 Å². The third kappa shape index (κ3) is 4.95. The van der Waals surface area contributed by atoms with E-state index in [2.05, 4.69) is 5.32 Å². The van der Waals surface area contributed by atoms with Crippen molar-refractivity contribution in [3.63, 3.8) is 0 Å². The summed E-state index contributed by atoms with van der Waals surface area (Å²) in [4.78, 5) is 17.9. The molecule has 0 radical (unpaired) electrons. The smallest absolute Gasteiger partial charge is 0.252 e. The summed E-state index contributed by atoms with van der Waals surface area (Å²) in [7, 11) is 3.19. The third-order valence-corrected chi connectivity index (χ3v) is 5.50. The summed E-state index contributed by atoms with van der Waals surface area (Å²) >= 11 is 0. The van der Waals surface area contributed by atoms with Crippen molar-refractivity contribution in [1.29, 1.82) is 0 Å². The first-order chi connectivity index (χ1) is 16.0. The number of amides is 1. The van der Waals surface area contributed by atoms with Crippen LogP contribution in [-0.4, -0.2) is 31.7 Å². The van der Waals surface area contributed by atoms with E-state index in [0.29, 0.717) is 41.2 Å². The Labute approximate surface area is 192 Å². The lowest BCUT2D eigenvalue weighted by Gasteiger charge is -2.12. The molecular formula is C27H25FN2O3. The Hall–Kier alpha value is -3.93. The molecule has 1 N–H and O–H groups in total. The van der Waals surface area contributed by atoms with E-state index in [-0.39, 0.29) is 11.7 Å². The monoisotopic (exact) mass is 444 g/mol. The summed E-state index contributed by atoms with van der Waals surface area (Å²) in [5, 5.41) is 3.80. The molecule has 5 nitrogen and oxygen atoms in total. The van der Waals surface area contributed by atoms with Crippen molar-refractivity contribution in [1.82, 2.24) is 10.3 Å². The molecule has 0 saturated heterocycles. The molecule has 4 rings (SSSR count). The van der Waals surface area contributed by atoms with Crippen LogP contribution in [0.15, 0.2) is 66.7 Å². The van der Waals surface area contributed by atoms with Gasteiger partial charge in [0.25, 0.3) is 5.91 Å². The van der Waals surface area contributed by atoms with Gasteiger partial charge in [0.1, 0.15) is 5.82 Å². The number of halogens is 1. The molecular weight excluding hydrogens is 419 g/mol. The third-order valence-electron chi connectivity index (χ3n) is 5.50. The zero-order valence-corrected chi connectivity index (χ0v) is 18.8. The van der Waals surface area contributed by atoms with Crippen LogP contribution < -0.4 is 14.8 Å². The fourth-order valence-electron chi connectivity index (χ4n) is 3.75. The maximum absolute atomic E-state index is 13.4. The molecule has 1 heterocycles. The molecule has 1 amide bonds. The minimum Gasteiger partial charge on any atom is -0.493 e. The van der Waals surface area contributed by atoms with Crippen LogP contribution in [0, 0.1) is 12.7 Å². The SMILES string of the molecule is COc1ccc(CCNC(=O)c2cc(-c3ccc(F)cc3)nc3ccc(C)cc23)cc1OC. The molecule has 0 bridgehead atoms. The second kappa shape index (κ2) is 9.69. The summed E-state index contributed by atoms with van der Waals surface area (Å²) in [5.41, 5.74) is 4.69. The fraction of sp³-hybridized carbons (Fsp3) is 0.185. The van der Waals surface area contributed by atoms with E-state index in [4.69, 9.17) is 14.5 Å². The molecule has 0 aliphatic carbocycles. The van der Waals surface area contributed by atoms with Crippen molar-refractivity contribution in [3.05, 3.63) is 89.2 Å². The highest BCUT2D eigenvalue weighted by Gasteiger charge is 2.15. The van der Waals surface area contributed by atoms with Gasteiger partial charge in [0.05, 0.1) is 31.0 Å². The highest BCUT2D eigenvalue weighted by atomic mass is 19.1. The van der Waals surface area contributed by atoms with E-state index in [1.165, 1.54) is 12.1 Å². The second-order valence-electron chi connectivity index (χ2n) is 7.78. The summed E-state index contributed by atoms with van der Waals surface area (Å²) in [6, 6.07) is 19.4. The molecule has 0 atom stereocenters. The number of fused-ring (bicyclic) bond motifs is 1. The molecule has 0 saturated carbocycles. The van der Waals surface area contributed by atoms with E-state index in [1.54, 1.807) is 32.4 Å².